The van der Waals surface area contributed by atoms with E-state index in [2.05, 4.69) is 46.0 Å². The van der Waals surface area contributed by atoms with E-state index in [1.807, 2.05) is 31.5 Å². The first-order valence-corrected chi connectivity index (χ1v) is 9.03. The van der Waals surface area contributed by atoms with Gasteiger partial charge in [0, 0.05) is 36.1 Å². The summed E-state index contributed by atoms with van der Waals surface area (Å²) in [6.45, 7) is 2.02. The fourth-order valence-corrected chi connectivity index (χ4v) is 4.01. The Morgan fingerprint density at radius 2 is 2.28 bits per heavy atom. The van der Waals surface area contributed by atoms with Crippen molar-refractivity contribution >= 4 is 17.3 Å². The van der Waals surface area contributed by atoms with Gasteiger partial charge in [-0.3, -0.25) is 9.78 Å². The molecular formula is C21H23N3O. The number of hydrogen-bond donors (Lipinski definition) is 2. The van der Waals surface area contributed by atoms with Crippen LogP contribution in [0.2, 0.25) is 0 Å². The Morgan fingerprint density at radius 1 is 1.36 bits per heavy atom. The molecular weight excluding hydrogens is 310 g/mol. The number of amides is 1. The third-order valence-corrected chi connectivity index (χ3v) is 5.17. The molecule has 1 aliphatic heterocycles. The lowest BCUT2D eigenvalue weighted by molar-refractivity contribution is -0.116. The minimum atomic E-state index is 0.0815. The molecule has 4 heteroatoms. The molecule has 1 aromatic carbocycles. The van der Waals surface area contributed by atoms with E-state index >= 15 is 0 Å². The summed E-state index contributed by atoms with van der Waals surface area (Å²) >= 11 is 0. The lowest BCUT2D eigenvalue weighted by Crippen LogP contribution is -2.29. The second-order valence-corrected chi connectivity index (χ2v) is 6.86. The van der Waals surface area contributed by atoms with Gasteiger partial charge in [0.05, 0.1) is 6.04 Å². The molecule has 128 valence electrons. The molecule has 0 radical (unpaired) electrons. The zero-order valence-electron chi connectivity index (χ0n) is 14.4. The largest absolute Gasteiger partial charge is 0.378 e. The van der Waals surface area contributed by atoms with Crippen molar-refractivity contribution in [2.24, 2.45) is 5.92 Å². The fourth-order valence-electron chi connectivity index (χ4n) is 4.01. The number of pyridine rings is 1. The highest BCUT2D eigenvalue weighted by atomic mass is 16.1. The maximum absolute atomic E-state index is 11.9. The molecule has 0 saturated heterocycles. The third kappa shape index (κ3) is 3.04. The normalized spacial score (nSPS) is 23.5. The Hall–Kier alpha value is -2.62. The highest BCUT2D eigenvalue weighted by Crippen LogP contribution is 2.50. The summed E-state index contributed by atoms with van der Waals surface area (Å²) in [6, 6.07) is 10.6. The molecule has 3 atom stereocenters. The Kier molecular flexibility index (Phi) is 4.26. The van der Waals surface area contributed by atoms with Gasteiger partial charge in [0.1, 0.15) is 0 Å². The first-order valence-electron chi connectivity index (χ1n) is 9.03. The van der Waals surface area contributed by atoms with E-state index < -0.39 is 0 Å². The standard InChI is InChI=1S/C21H23N3O/c1-2-5-20(25)23-15-9-10-19-18(12-15)16-7-3-8-17(16)21(24-19)14-6-4-11-22-13-14/h3-4,6-7,9-13,16-17,21,24H,2,5,8H2,1H3,(H,23,25). The maximum atomic E-state index is 11.9. The first-order chi connectivity index (χ1) is 12.3. The molecule has 0 bridgehead atoms. The predicted molar refractivity (Wildman–Crippen MR) is 101 cm³/mol. The van der Waals surface area contributed by atoms with Gasteiger partial charge in [-0.1, -0.05) is 25.1 Å². The number of hydrogen-bond acceptors (Lipinski definition) is 3. The topological polar surface area (TPSA) is 54.0 Å². The fraction of sp³-hybridized carbons (Fsp3) is 0.333. The van der Waals surface area contributed by atoms with Crippen LogP contribution in [0.3, 0.4) is 0 Å². The van der Waals surface area contributed by atoms with Crippen molar-refractivity contribution in [3.05, 3.63) is 66.0 Å². The maximum Gasteiger partial charge on any atom is 0.224 e. The van der Waals surface area contributed by atoms with Gasteiger partial charge in [0.25, 0.3) is 0 Å². The van der Waals surface area contributed by atoms with Gasteiger partial charge in [0.2, 0.25) is 5.91 Å². The van der Waals surface area contributed by atoms with Crippen molar-refractivity contribution in [3.8, 4) is 0 Å². The van der Waals surface area contributed by atoms with Crippen molar-refractivity contribution in [1.29, 1.82) is 0 Å². The second-order valence-electron chi connectivity index (χ2n) is 6.86. The minimum Gasteiger partial charge on any atom is -0.378 e. The summed E-state index contributed by atoms with van der Waals surface area (Å²) in [5, 5.41) is 6.71. The molecule has 2 heterocycles. The highest BCUT2D eigenvalue weighted by Gasteiger charge is 2.38. The molecule has 4 rings (SSSR count). The monoisotopic (exact) mass is 333 g/mol. The van der Waals surface area contributed by atoms with Crippen molar-refractivity contribution in [3.63, 3.8) is 0 Å². The average Bonchev–Trinajstić information content (AvgIpc) is 3.12. The predicted octanol–water partition coefficient (Wildman–Crippen LogP) is 4.65. The van der Waals surface area contributed by atoms with Gasteiger partial charge in [0.15, 0.2) is 0 Å². The number of carbonyl (C=O) groups is 1. The summed E-state index contributed by atoms with van der Waals surface area (Å²) in [5.74, 6) is 0.945. The van der Waals surface area contributed by atoms with Gasteiger partial charge in [-0.15, -0.1) is 0 Å². The molecule has 0 fully saturated rings. The lowest BCUT2D eigenvalue weighted by Gasteiger charge is -2.37. The van der Waals surface area contributed by atoms with E-state index in [1.165, 1.54) is 11.1 Å². The van der Waals surface area contributed by atoms with Crippen LogP contribution in [-0.2, 0) is 4.79 Å². The zero-order chi connectivity index (χ0) is 17.2. The molecule has 3 unspecified atom stereocenters. The van der Waals surface area contributed by atoms with Crippen LogP contribution < -0.4 is 10.6 Å². The van der Waals surface area contributed by atoms with Crippen LogP contribution in [0.4, 0.5) is 11.4 Å². The quantitative estimate of drug-likeness (QED) is 0.801. The third-order valence-electron chi connectivity index (χ3n) is 5.17. The number of nitrogens with zero attached hydrogens (tertiary/aromatic N) is 1. The van der Waals surface area contributed by atoms with E-state index in [4.69, 9.17) is 0 Å². The molecule has 0 spiro atoms. The number of fused-ring (bicyclic) bond motifs is 3. The summed E-state index contributed by atoms with van der Waals surface area (Å²) in [4.78, 5) is 16.2. The zero-order valence-corrected chi connectivity index (χ0v) is 14.4. The summed E-state index contributed by atoms with van der Waals surface area (Å²) in [5.41, 5.74) is 4.54. The number of allylic oxidation sites excluding steroid dienone is 2. The van der Waals surface area contributed by atoms with Gasteiger partial charge in [-0.05, 0) is 54.2 Å². The number of nitrogens with one attached hydrogen (secondary N) is 2. The Labute approximate surface area is 148 Å². The van der Waals surface area contributed by atoms with Gasteiger partial charge < -0.3 is 10.6 Å². The number of rotatable bonds is 4. The van der Waals surface area contributed by atoms with Crippen molar-refractivity contribution < 1.29 is 4.79 Å². The van der Waals surface area contributed by atoms with Crippen LogP contribution in [0.1, 0.15) is 49.3 Å². The molecule has 2 aromatic rings. The van der Waals surface area contributed by atoms with Crippen LogP contribution >= 0.6 is 0 Å². The van der Waals surface area contributed by atoms with E-state index in [0.29, 0.717) is 18.3 Å². The van der Waals surface area contributed by atoms with E-state index in [1.54, 1.807) is 0 Å². The van der Waals surface area contributed by atoms with Gasteiger partial charge in [-0.25, -0.2) is 0 Å². The Bertz CT molecular complexity index is 800. The van der Waals surface area contributed by atoms with E-state index in [0.717, 1.165) is 24.2 Å². The van der Waals surface area contributed by atoms with Crippen LogP contribution in [0.25, 0.3) is 0 Å². The molecule has 4 nitrogen and oxygen atoms in total. The molecule has 1 amide bonds. The summed E-state index contributed by atoms with van der Waals surface area (Å²) < 4.78 is 0. The smallest absolute Gasteiger partial charge is 0.224 e. The Balaban J connectivity index is 1.65. The SMILES string of the molecule is CCCC(=O)Nc1ccc2c(c1)C1C=CCC1C(c1cccnc1)N2. The molecule has 1 aliphatic carbocycles. The summed E-state index contributed by atoms with van der Waals surface area (Å²) in [7, 11) is 0. The molecule has 2 aliphatic rings. The van der Waals surface area contributed by atoms with Gasteiger partial charge in [-0.2, -0.15) is 0 Å². The number of carbonyl (C=O) groups excluding carboxylic acids is 1. The molecule has 25 heavy (non-hydrogen) atoms. The van der Waals surface area contributed by atoms with Crippen LogP contribution in [0.5, 0.6) is 0 Å². The molecule has 0 saturated carbocycles. The highest BCUT2D eigenvalue weighted by molar-refractivity contribution is 5.91. The van der Waals surface area contributed by atoms with E-state index in [9.17, 15) is 4.79 Å². The molecule has 2 N–H and O–H groups in total. The molecule has 1 aromatic heterocycles. The van der Waals surface area contributed by atoms with Crippen molar-refractivity contribution in [1.82, 2.24) is 4.98 Å². The average molecular weight is 333 g/mol. The number of aromatic nitrogens is 1. The second kappa shape index (κ2) is 6.71. The first kappa shape index (κ1) is 15.9. The van der Waals surface area contributed by atoms with Crippen LogP contribution in [0.15, 0.2) is 54.9 Å². The van der Waals surface area contributed by atoms with Crippen molar-refractivity contribution in [2.75, 3.05) is 10.6 Å². The number of benzene rings is 1. The summed E-state index contributed by atoms with van der Waals surface area (Å²) in [6.07, 6.45) is 10.8. The van der Waals surface area contributed by atoms with Crippen molar-refractivity contribution in [2.45, 2.75) is 38.1 Å². The van der Waals surface area contributed by atoms with Crippen LogP contribution in [-0.4, -0.2) is 10.9 Å². The van der Waals surface area contributed by atoms with Gasteiger partial charge >= 0.3 is 0 Å². The lowest BCUT2D eigenvalue weighted by atomic mass is 9.77. The van der Waals surface area contributed by atoms with Crippen LogP contribution in [0, 0.1) is 5.92 Å². The Morgan fingerprint density at radius 3 is 3.08 bits per heavy atom. The number of anilines is 2. The minimum absolute atomic E-state index is 0.0815. The van der Waals surface area contributed by atoms with E-state index in [-0.39, 0.29) is 11.9 Å².